The molecule has 0 atom stereocenters. The van der Waals surface area contributed by atoms with Crippen LogP contribution in [0.3, 0.4) is 0 Å². The van der Waals surface area contributed by atoms with Gasteiger partial charge in [0.15, 0.2) is 0 Å². The number of aryl methyl sites for hydroxylation is 2. The summed E-state index contributed by atoms with van der Waals surface area (Å²) in [6, 6.07) is 35.8. The third-order valence-electron chi connectivity index (χ3n) is 8.22. The van der Waals surface area contributed by atoms with Crippen molar-refractivity contribution in [2.75, 3.05) is 9.80 Å². The Hall–Kier alpha value is -3.76. The lowest BCUT2D eigenvalue weighted by molar-refractivity contribution is 0.697. The van der Waals surface area contributed by atoms with Crippen molar-refractivity contribution < 1.29 is 0 Å². The molecular formula is C33H27BN2S. The van der Waals surface area contributed by atoms with Gasteiger partial charge in [-0.15, -0.1) is 0 Å². The van der Waals surface area contributed by atoms with Gasteiger partial charge in [0.05, 0.1) is 5.69 Å². The molecule has 4 aromatic carbocycles. The lowest BCUT2D eigenvalue weighted by Gasteiger charge is -2.43. The normalized spacial score (nSPS) is 15.1. The highest BCUT2D eigenvalue weighted by Crippen LogP contribution is 2.48. The molecule has 0 spiro atoms. The zero-order chi connectivity index (χ0) is 24.5. The van der Waals surface area contributed by atoms with E-state index in [1.165, 1.54) is 81.1 Å². The maximum atomic E-state index is 2.59. The maximum absolute atomic E-state index is 2.59. The molecule has 0 saturated carbocycles. The SMILES string of the molecule is Cc1cc2c3c(c1)N(c1ccccc1)c1c(sc4c1CCCC4)B3c1ccccc1N2c1ccccc1. The fourth-order valence-corrected chi connectivity index (χ4v) is 8.26. The standard InChI is InChI=1S/C33H27BN2S/c1-22-20-28-31-29(21-22)36(24-14-6-3-7-15-24)32-25-16-8-11-19-30(25)37-33(32)34(31)26-17-9-10-18-27(26)35(28)23-12-4-2-5-13-23/h2-7,9-10,12-15,17-18,20-21H,8,11,16,19H2,1H3. The Morgan fingerprint density at radius 3 is 2.05 bits per heavy atom. The van der Waals surface area contributed by atoms with Gasteiger partial charge in [-0.1, -0.05) is 54.6 Å². The van der Waals surface area contributed by atoms with Crippen molar-refractivity contribution in [1.29, 1.82) is 0 Å². The Bertz CT molecular complexity index is 1660. The Balaban J connectivity index is 1.50. The van der Waals surface area contributed by atoms with Crippen LogP contribution in [0.1, 0.15) is 28.8 Å². The van der Waals surface area contributed by atoms with Crippen LogP contribution < -0.4 is 25.5 Å². The molecule has 0 amide bonds. The summed E-state index contributed by atoms with van der Waals surface area (Å²) < 4.78 is 1.52. The van der Waals surface area contributed by atoms with Crippen LogP contribution in [0.4, 0.5) is 34.1 Å². The summed E-state index contributed by atoms with van der Waals surface area (Å²) in [7, 11) is 0. The average Bonchev–Trinajstić information content (AvgIpc) is 3.33. The minimum absolute atomic E-state index is 0.257. The van der Waals surface area contributed by atoms with Crippen molar-refractivity contribution in [3.63, 3.8) is 0 Å². The molecule has 2 nitrogen and oxygen atoms in total. The Labute approximate surface area is 222 Å². The fourth-order valence-electron chi connectivity index (χ4n) is 6.75. The van der Waals surface area contributed by atoms with Crippen LogP contribution in [0.2, 0.25) is 0 Å². The van der Waals surface area contributed by atoms with Gasteiger partial charge in [-0.25, -0.2) is 0 Å². The minimum atomic E-state index is 0.257. The van der Waals surface area contributed by atoms with E-state index in [1.807, 2.05) is 0 Å². The van der Waals surface area contributed by atoms with Crippen molar-refractivity contribution >= 4 is 67.9 Å². The van der Waals surface area contributed by atoms with Crippen molar-refractivity contribution in [1.82, 2.24) is 0 Å². The number of anilines is 6. The molecular weight excluding hydrogens is 467 g/mol. The first-order chi connectivity index (χ1) is 18.3. The predicted molar refractivity (Wildman–Crippen MR) is 160 cm³/mol. The van der Waals surface area contributed by atoms with E-state index in [0.717, 1.165) is 0 Å². The van der Waals surface area contributed by atoms with Gasteiger partial charge in [0.25, 0.3) is 6.71 Å². The zero-order valence-electron chi connectivity index (χ0n) is 20.9. The molecule has 37 heavy (non-hydrogen) atoms. The number of hydrogen-bond donors (Lipinski definition) is 0. The smallest absolute Gasteiger partial charge is 0.264 e. The predicted octanol–water partition coefficient (Wildman–Crippen LogP) is 7.02. The summed E-state index contributed by atoms with van der Waals surface area (Å²) in [5.41, 5.74) is 13.6. The molecule has 2 aliphatic heterocycles. The van der Waals surface area contributed by atoms with E-state index < -0.39 is 0 Å². The van der Waals surface area contributed by atoms with E-state index in [-0.39, 0.29) is 6.71 Å². The molecule has 4 heteroatoms. The first-order valence-electron chi connectivity index (χ1n) is 13.4. The van der Waals surface area contributed by atoms with Gasteiger partial charge in [0.1, 0.15) is 0 Å². The lowest BCUT2D eigenvalue weighted by atomic mass is 9.36. The van der Waals surface area contributed by atoms with Gasteiger partial charge in [-0.05, 0) is 97.1 Å². The van der Waals surface area contributed by atoms with Crippen molar-refractivity contribution in [3.05, 3.63) is 113 Å². The van der Waals surface area contributed by atoms with Gasteiger partial charge in [0, 0.05) is 38.1 Å². The number of nitrogens with zero attached hydrogens (tertiary/aromatic N) is 2. The molecule has 0 radical (unpaired) electrons. The summed E-state index contributed by atoms with van der Waals surface area (Å²) in [5, 5.41) is 0. The van der Waals surface area contributed by atoms with E-state index in [2.05, 4.69) is 125 Å². The number of thiophene rings is 1. The second-order valence-corrected chi connectivity index (χ2v) is 11.6. The first kappa shape index (κ1) is 21.3. The molecule has 3 aliphatic rings. The van der Waals surface area contributed by atoms with E-state index >= 15 is 0 Å². The quantitative estimate of drug-likeness (QED) is 0.239. The number of rotatable bonds is 2. The molecule has 3 heterocycles. The van der Waals surface area contributed by atoms with E-state index in [4.69, 9.17) is 0 Å². The third kappa shape index (κ3) is 3.06. The number of para-hydroxylation sites is 3. The molecule has 5 aromatic rings. The average molecular weight is 494 g/mol. The highest BCUT2D eigenvalue weighted by molar-refractivity contribution is 7.29. The molecule has 0 unspecified atom stereocenters. The van der Waals surface area contributed by atoms with E-state index in [0.29, 0.717) is 0 Å². The monoisotopic (exact) mass is 494 g/mol. The molecule has 0 fully saturated rings. The van der Waals surface area contributed by atoms with Crippen LogP contribution in [0.25, 0.3) is 0 Å². The van der Waals surface area contributed by atoms with Crippen LogP contribution in [0.5, 0.6) is 0 Å². The highest BCUT2D eigenvalue weighted by atomic mass is 32.1. The summed E-state index contributed by atoms with van der Waals surface area (Å²) in [6.07, 6.45) is 4.98. The molecule has 0 bridgehead atoms. The lowest BCUT2D eigenvalue weighted by Crippen LogP contribution is -2.60. The van der Waals surface area contributed by atoms with Crippen LogP contribution in [0.15, 0.2) is 97.1 Å². The third-order valence-corrected chi connectivity index (χ3v) is 9.57. The van der Waals surface area contributed by atoms with E-state index in [1.54, 1.807) is 10.4 Å². The summed E-state index contributed by atoms with van der Waals surface area (Å²) in [5.74, 6) is 0. The number of hydrogen-bond acceptors (Lipinski definition) is 3. The largest absolute Gasteiger partial charge is 0.311 e. The molecule has 1 aromatic heterocycles. The van der Waals surface area contributed by atoms with E-state index in [9.17, 15) is 0 Å². The topological polar surface area (TPSA) is 6.48 Å². The molecule has 1 aliphatic carbocycles. The molecule has 178 valence electrons. The van der Waals surface area contributed by atoms with Crippen LogP contribution in [-0.4, -0.2) is 6.71 Å². The summed E-state index contributed by atoms with van der Waals surface area (Å²) in [6.45, 7) is 2.50. The second-order valence-electron chi connectivity index (χ2n) is 10.5. The summed E-state index contributed by atoms with van der Waals surface area (Å²) >= 11 is 2.08. The molecule has 0 saturated heterocycles. The Morgan fingerprint density at radius 1 is 0.676 bits per heavy atom. The fraction of sp³-hybridized carbons (Fsp3) is 0.152. The molecule has 8 rings (SSSR count). The van der Waals surface area contributed by atoms with Gasteiger partial charge in [-0.2, -0.15) is 11.3 Å². The first-order valence-corrected chi connectivity index (χ1v) is 14.2. The molecule has 0 N–H and O–H groups in total. The second kappa shape index (κ2) is 8.12. The Kier molecular flexibility index (Phi) is 4.69. The van der Waals surface area contributed by atoms with Gasteiger partial charge in [-0.3, -0.25) is 0 Å². The van der Waals surface area contributed by atoms with Crippen LogP contribution >= 0.6 is 11.3 Å². The number of fused-ring (bicyclic) bond motifs is 6. The Morgan fingerprint density at radius 2 is 1.30 bits per heavy atom. The van der Waals surface area contributed by atoms with Crippen LogP contribution in [-0.2, 0) is 12.8 Å². The van der Waals surface area contributed by atoms with Gasteiger partial charge >= 0.3 is 0 Å². The van der Waals surface area contributed by atoms with Gasteiger partial charge in [0.2, 0.25) is 0 Å². The van der Waals surface area contributed by atoms with Crippen molar-refractivity contribution in [2.45, 2.75) is 32.6 Å². The highest BCUT2D eigenvalue weighted by Gasteiger charge is 2.45. The van der Waals surface area contributed by atoms with Crippen LogP contribution in [0, 0.1) is 6.92 Å². The summed E-state index contributed by atoms with van der Waals surface area (Å²) in [4.78, 5) is 6.68. The maximum Gasteiger partial charge on any atom is 0.264 e. The minimum Gasteiger partial charge on any atom is -0.311 e. The van der Waals surface area contributed by atoms with Crippen molar-refractivity contribution in [2.24, 2.45) is 0 Å². The van der Waals surface area contributed by atoms with Crippen molar-refractivity contribution in [3.8, 4) is 0 Å². The van der Waals surface area contributed by atoms with Gasteiger partial charge < -0.3 is 9.80 Å². The number of benzene rings is 4. The zero-order valence-corrected chi connectivity index (χ0v) is 21.8.